The van der Waals surface area contributed by atoms with Crippen molar-refractivity contribution in [1.29, 1.82) is 0 Å². The van der Waals surface area contributed by atoms with Gasteiger partial charge in [0, 0.05) is 23.1 Å². The first-order valence-corrected chi connectivity index (χ1v) is 7.18. The van der Waals surface area contributed by atoms with E-state index in [9.17, 15) is 4.21 Å². The minimum atomic E-state index is -1.91. The van der Waals surface area contributed by atoms with E-state index in [1.807, 2.05) is 30.3 Å². The molecule has 0 aliphatic carbocycles. The fourth-order valence-electron chi connectivity index (χ4n) is 1.79. The van der Waals surface area contributed by atoms with E-state index in [0.29, 0.717) is 0 Å². The molecule has 2 aromatic rings. The lowest BCUT2D eigenvalue weighted by Crippen LogP contribution is -2.22. The number of aromatic nitrogens is 1. The highest BCUT2D eigenvalue weighted by atomic mass is 32.2. The molecule has 0 bridgehead atoms. The number of nitrogens with zero attached hydrogens (tertiary/aromatic N) is 2. The minimum absolute atomic E-state index is 0.748. The highest BCUT2D eigenvalue weighted by Crippen LogP contribution is 2.24. The SMILES string of the molecule is O=S1(=Nc2ccc3ncccc3c2)CCC1. The Kier molecular flexibility index (Phi) is 2.17. The average Bonchev–Trinajstić information content (AvgIpc) is 2.27. The zero-order valence-electron chi connectivity index (χ0n) is 8.80. The lowest BCUT2D eigenvalue weighted by atomic mass is 10.2. The first kappa shape index (κ1) is 9.78. The van der Waals surface area contributed by atoms with Crippen molar-refractivity contribution in [2.75, 3.05) is 11.5 Å². The van der Waals surface area contributed by atoms with Crippen LogP contribution in [0, 0.1) is 0 Å². The van der Waals surface area contributed by atoms with Crippen molar-refractivity contribution in [3.05, 3.63) is 36.5 Å². The molecule has 0 saturated carbocycles. The Morgan fingerprint density at radius 2 is 2.12 bits per heavy atom. The van der Waals surface area contributed by atoms with Crippen LogP contribution < -0.4 is 0 Å². The zero-order chi connectivity index (χ0) is 11.0. The predicted molar refractivity (Wildman–Crippen MR) is 66.3 cm³/mol. The van der Waals surface area contributed by atoms with E-state index in [4.69, 9.17) is 0 Å². The van der Waals surface area contributed by atoms with Gasteiger partial charge in [-0.15, -0.1) is 0 Å². The summed E-state index contributed by atoms with van der Waals surface area (Å²) in [4.78, 5) is 4.24. The molecule has 0 spiro atoms. The zero-order valence-corrected chi connectivity index (χ0v) is 9.61. The third-order valence-corrected chi connectivity index (χ3v) is 5.18. The number of fused-ring (bicyclic) bond motifs is 1. The van der Waals surface area contributed by atoms with Crippen LogP contribution in [0.2, 0.25) is 0 Å². The van der Waals surface area contributed by atoms with Gasteiger partial charge in [-0.2, -0.15) is 4.36 Å². The summed E-state index contributed by atoms with van der Waals surface area (Å²) in [5, 5.41) is 1.05. The molecule has 3 rings (SSSR count). The van der Waals surface area contributed by atoms with E-state index in [1.54, 1.807) is 6.20 Å². The molecular formula is C12H12N2OS. The van der Waals surface area contributed by atoms with E-state index >= 15 is 0 Å². The monoisotopic (exact) mass is 232 g/mol. The number of hydrogen-bond donors (Lipinski definition) is 0. The second-order valence-electron chi connectivity index (χ2n) is 4.01. The Labute approximate surface area is 94.7 Å². The molecule has 0 atom stereocenters. The van der Waals surface area contributed by atoms with Crippen molar-refractivity contribution >= 4 is 26.3 Å². The molecule has 3 nitrogen and oxygen atoms in total. The van der Waals surface area contributed by atoms with Crippen molar-refractivity contribution in [2.24, 2.45) is 4.36 Å². The molecule has 1 fully saturated rings. The Hall–Kier alpha value is -1.42. The summed E-state index contributed by atoms with van der Waals surface area (Å²) in [7, 11) is -1.91. The highest BCUT2D eigenvalue weighted by molar-refractivity contribution is 7.95. The molecule has 16 heavy (non-hydrogen) atoms. The summed E-state index contributed by atoms with van der Waals surface area (Å²) in [6, 6.07) is 9.66. The summed E-state index contributed by atoms with van der Waals surface area (Å²) in [5.41, 5.74) is 1.76. The number of rotatable bonds is 1. The van der Waals surface area contributed by atoms with Gasteiger partial charge in [0.2, 0.25) is 0 Å². The van der Waals surface area contributed by atoms with Crippen molar-refractivity contribution in [1.82, 2.24) is 4.98 Å². The Balaban J connectivity index is 2.12. The van der Waals surface area contributed by atoms with Gasteiger partial charge in [-0.05, 0) is 30.7 Å². The maximum atomic E-state index is 12.0. The molecule has 1 aliphatic heterocycles. The number of benzene rings is 1. The van der Waals surface area contributed by atoms with Crippen LogP contribution in [0.5, 0.6) is 0 Å². The Morgan fingerprint density at radius 1 is 1.25 bits per heavy atom. The normalized spacial score (nSPS) is 18.0. The van der Waals surface area contributed by atoms with Gasteiger partial charge in [-0.25, -0.2) is 4.21 Å². The van der Waals surface area contributed by atoms with Gasteiger partial charge in [-0.3, -0.25) is 4.98 Å². The standard InChI is InChI=1S/C12H12N2OS/c15-16(7-2-8-16)14-11-4-5-12-10(9-11)3-1-6-13-12/h1,3-6,9H,2,7-8H2. The number of hydrogen-bond acceptors (Lipinski definition) is 3. The van der Waals surface area contributed by atoms with Gasteiger partial charge >= 0.3 is 0 Å². The molecule has 0 N–H and O–H groups in total. The first-order chi connectivity index (χ1) is 7.75. The maximum Gasteiger partial charge on any atom is 0.0737 e. The summed E-state index contributed by atoms with van der Waals surface area (Å²) in [5.74, 6) is 1.50. The van der Waals surface area contributed by atoms with Crippen LogP contribution in [0.3, 0.4) is 0 Å². The summed E-state index contributed by atoms with van der Waals surface area (Å²) in [6.45, 7) is 0. The molecule has 1 aromatic heterocycles. The van der Waals surface area contributed by atoms with Gasteiger partial charge in [-0.1, -0.05) is 6.07 Å². The van der Waals surface area contributed by atoms with Gasteiger partial charge in [0.05, 0.1) is 20.9 Å². The third-order valence-electron chi connectivity index (χ3n) is 2.78. The van der Waals surface area contributed by atoms with E-state index in [0.717, 1.165) is 34.5 Å². The van der Waals surface area contributed by atoms with Crippen molar-refractivity contribution in [3.63, 3.8) is 0 Å². The second kappa shape index (κ2) is 3.56. The molecule has 4 heteroatoms. The van der Waals surface area contributed by atoms with Crippen molar-refractivity contribution in [2.45, 2.75) is 6.42 Å². The Morgan fingerprint density at radius 3 is 2.88 bits per heavy atom. The van der Waals surface area contributed by atoms with Crippen LogP contribution in [0.25, 0.3) is 10.9 Å². The largest absolute Gasteiger partial charge is 0.256 e. The Bertz CT molecular complexity index is 647. The fourth-order valence-corrected chi connectivity index (χ4v) is 3.26. The van der Waals surface area contributed by atoms with Crippen LogP contribution in [-0.2, 0) is 9.73 Å². The van der Waals surface area contributed by atoms with Crippen molar-refractivity contribution in [3.8, 4) is 0 Å². The lowest BCUT2D eigenvalue weighted by Gasteiger charge is -2.17. The molecule has 0 unspecified atom stereocenters. The molecule has 82 valence electrons. The molecule has 2 heterocycles. The van der Waals surface area contributed by atoms with Crippen LogP contribution in [-0.4, -0.2) is 20.7 Å². The maximum absolute atomic E-state index is 12.0. The molecule has 1 saturated heterocycles. The van der Waals surface area contributed by atoms with Gasteiger partial charge in [0.25, 0.3) is 0 Å². The van der Waals surface area contributed by atoms with E-state index in [2.05, 4.69) is 9.35 Å². The minimum Gasteiger partial charge on any atom is -0.256 e. The summed E-state index contributed by atoms with van der Waals surface area (Å²) >= 11 is 0. The average molecular weight is 232 g/mol. The number of pyridine rings is 1. The van der Waals surface area contributed by atoms with Crippen molar-refractivity contribution < 1.29 is 4.21 Å². The van der Waals surface area contributed by atoms with Crippen LogP contribution >= 0.6 is 0 Å². The lowest BCUT2D eigenvalue weighted by molar-refractivity contribution is 0.663. The molecule has 1 aliphatic rings. The predicted octanol–water partition coefficient (Wildman–Crippen LogP) is 2.74. The van der Waals surface area contributed by atoms with E-state index in [1.165, 1.54) is 0 Å². The van der Waals surface area contributed by atoms with E-state index in [-0.39, 0.29) is 0 Å². The summed E-state index contributed by atoms with van der Waals surface area (Å²) in [6.07, 6.45) is 2.81. The fraction of sp³-hybridized carbons (Fsp3) is 0.250. The van der Waals surface area contributed by atoms with Gasteiger partial charge in [0.15, 0.2) is 0 Å². The topological polar surface area (TPSA) is 42.3 Å². The molecular weight excluding hydrogens is 220 g/mol. The third kappa shape index (κ3) is 1.69. The molecule has 0 radical (unpaired) electrons. The molecule has 1 aromatic carbocycles. The van der Waals surface area contributed by atoms with E-state index < -0.39 is 9.73 Å². The van der Waals surface area contributed by atoms with Crippen LogP contribution in [0.15, 0.2) is 40.9 Å². The smallest absolute Gasteiger partial charge is 0.0737 e. The van der Waals surface area contributed by atoms with Gasteiger partial charge < -0.3 is 0 Å². The quantitative estimate of drug-likeness (QED) is 0.758. The first-order valence-electron chi connectivity index (χ1n) is 5.33. The van der Waals surface area contributed by atoms with Crippen LogP contribution in [0.1, 0.15) is 6.42 Å². The highest BCUT2D eigenvalue weighted by Gasteiger charge is 2.18. The van der Waals surface area contributed by atoms with Crippen LogP contribution in [0.4, 0.5) is 5.69 Å². The summed E-state index contributed by atoms with van der Waals surface area (Å²) < 4.78 is 16.3. The molecule has 0 amide bonds. The van der Waals surface area contributed by atoms with Gasteiger partial charge in [0.1, 0.15) is 0 Å². The second-order valence-corrected chi connectivity index (χ2v) is 6.55.